The van der Waals surface area contributed by atoms with Gasteiger partial charge in [0.1, 0.15) is 5.75 Å². The molecule has 2 aromatic carbocycles. The van der Waals surface area contributed by atoms with E-state index in [-0.39, 0.29) is 6.29 Å². The maximum atomic E-state index is 5.83. The van der Waals surface area contributed by atoms with Crippen LogP contribution in [0.2, 0.25) is 0 Å². The second-order valence-corrected chi connectivity index (χ2v) is 5.95. The minimum atomic E-state index is -0.0728. The monoisotopic (exact) mass is 286 g/mol. The molecular weight excluding hydrogens is 268 g/mol. The normalized spacial score (nSPS) is 18.7. The molecule has 1 unspecified atom stereocenters. The molecule has 0 bridgehead atoms. The van der Waals surface area contributed by atoms with Gasteiger partial charge in [-0.25, -0.2) is 0 Å². The zero-order chi connectivity index (χ0) is 13.6. The van der Waals surface area contributed by atoms with Gasteiger partial charge >= 0.3 is 0 Å². The third-order valence-corrected chi connectivity index (χ3v) is 4.22. The minimum absolute atomic E-state index is 0.0728. The largest absolute Gasteiger partial charge is 0.465 e. The second kappa shape index (κ2) is 6.82. The Labute approximate surface area is 124 Å². The molecule has 0 saturated carbocycles. The lowest BCUT2D eigenvalue weighted by atomic mass is 10.2. The summed E-state index contributed by atoms with van der Waals surface area (Å²) >= 11 is 1.76. The maximum absolute atomic E-state index is 5.83. The summed E-state index contributed by atoms with van der Waals surface area (Å²) in [5.41, 5.74) is 0. The zero-order valence-corrected chi connectivity index (χ0v) is 12.1. The van der Waals surface area contributed by atoms with Crippen molar-refractivity contribution in [1.29, 1.82) is 0 Å². The molecule has 1 heterocycles. The summed E-state index contributed by atoms with van der Waals surface area (Å²) in [5, 5.41) is 0. The van der Waals surface area contributed by atoms with Crippen molar-refractivity contribution in [2.24, 2.45) is 0 Å². The van der Waals surface area contributed by atoms with E-state index < -0.39 is 0 Å². The number of hydrogen-bond donors (Lipinski definition) is 0. The molecule has 0 radical (unpaired) electrons. The van der Waals surface area contributed by atoms with E-state index in [1.807, 2.05) is 18.2 Å². The highest BCUT2D eigenvalue weighted by Crippen LogP contribution is 2.29. The van der Waals surface area contributed by atoms with Gasteiger partial charge in [-0.1, -0.05) is 30.0 Å². The number of ether oxygens (including phenoxy) is 2. The molecule has 0 N–H and O–H groups in total. The van der Waals surface area contributed by atoms with Gasteiger partial charge in [-0.2, -0.15) is 0 Å². The highest BCUT2D eigenvalue weighted by atomic mass is 32.2. The van der Waals surface area contributed by atoms with Crippen LogP contribution in [0.5, 0.6) is 5.75 Å². The predicted molar refractivity (Wildman–Crippen MR) is 81.2 cm³/mol. The molecule has 0 amide bonds. The molecule has 1 fully saturated rings. The van der Waals surface area contributed by atoms with E-state index in [0.29, 0.717) is 0 Å². The molecular formula is C17H18O2S. The molecule has 2 aromatic rings. The SMILES string of the molecule is c1ccc(Sc2ccc(OC3CCCCO3)cc2)cc1. The summed E-state index contributed by atoms with van der Waals surface area (Å²) in [6.07, 6.45) is 3.25. The van der Waals surface area contributed by atoms with Crippen LogP contribution in [0, 0.1) is 0 Å². The first kappa shape index (κ1) is 13.5. The first-order chi connectivity index (χ1) is 9.90. The zero-order valence-electron chi connectivity index (χ0n) is 11.3. The summed E-state index contributed by atoms with van der Waals surface area (Å²) in [6, 6.07) is 18.6. The van der Waals surface area contributed by atoms with Crippen LogP contribution in [0.1, 0.15) is 19.3 Å². The second-order valence-electron chi connectivity index (χ2n) is 4.80. The fourth-order valence-electron chi connectivity index (χ4n) is 2.17. The molecule has 2 nitrogen and oxygen atoms in total. The smallest absolute Gasteiger partial charge is 0.199 e. The van der Waals surface area contributed by atoms with Crippen LogP contribution in [0.3, 0.4) is 0 Å². The first-order valence-electron chi connectivity index (χ1n) is 7.01. The van der Waals surface area contributed by atoms with Crippen LogP contribution in [-0.2, 0) is 4.74 Å². The molecule has 1 atom stereocenters. The van der Waals surface area contributed by atoms with Crippen LogP contribution >= 0.6 is 11.8 Å². The van der Waals surface area contributed by atoms with Gasteiger partial charge in [0.15, 0.2) is 6.29 Å². The first-order valence-corrected chi connectivity index (χ1v) is 7.83. The quantitative estimate of drug-likeness (QED) is 0.808. The average Bonchev–Trinajstić information content (AvgIpc) is 2.51. The van der Waals surface area contributed by atoms with E-state index in [2.05, 4.69) is 36.4 Å². The summed E-state index contributed by atoms with van der Waals surface area (Å²) in [7, 11) is 0. The standard InChI is InChI=1S/C17H18O2S/c1-2-6-15(7-3-1)20-16-11-9-14(10-12-16)19-17-8-4-5-13-18-17/h1-3,6-7,9-12,17H,4-5,8,13H2. The summed E-state index contributed by atoms with van der Waals surface area (Å²) in [5.74, 6) is 0.884. The Bertz CT molecular complexity index is 518. The van der Waals surface area contributed by atoms with Gasteiger partial charge in [0.05, 0.1) is 6.61 Å². The molecule has 3 rings (SSSR count). The fourth-order valence-corrected chi connectivity index (χ4v) is 3.00. The fraction of sp³-hybridized carbons (Fsp3) is 0.294. The molecule has 3 heteroatoms. The van der Waals surface area contributed by atoms with Gasteiger partial charge in [0, 0.05) is 16.2 Å². The number of benzene rings is 2. The molecule has 1 aliphatic heterocycles. The topological polar surface area (TPSA) is 18.5 Å². The van der Waals surface area contributed by atoms with Gasteiger partial charge < -0.3 is 9.47 Å². The Morgan fingerprint density at radius 1 is 0.900 bits per heavy atom. The van der Waals surface area contributed by atoms with Crippen molar-refractivity contribution in [3.05, 3.63) is 54.6 Å². The van der Waals surface area contributed by atoms with Gasteiger partial charge in [-0.3, -0.25) is 0 Å². The number of rotatable bonds is 4. The van der Waals surface area contributed by atoms with Crippen molar-refractivity contribution < 1.29 is 9.47 Å². The Morgan fingerprint density at radius 3 is 2.35 bits per heavy atom. The Hall–Kier alpha value is -1.45. The van der Waals surface area contributed by atoms with Crippen molar-refractivity contribution in [3.8, 4) is 5.75 Å². The lowest BCUT2D eigenvalue weighted by Gasteiger charge is -2.23. The Morgan fingerprint density at radius 2 is 1.65 bits per heavy atom. The van der Waals surface area contributed by atoms with Crippen molar-refractivity contribution in [2.75, 3.05) is 6.61 Å². The molecule has 0 aliphatic carbocycles. The van der Waals surface area contributed by atoms with E-state index in [1.165, 1.54) is 16.2 Å². The van der Waals surface area contributed by atoms with E-state index in [0.717, 1.165) is 25.2 Å². The molecule has 104 valence electrons. The lowest BCUT2D eigenvalue weighted by molar-refractivity contribution is -0.105. The summed E-state index contributed by atoms with van der Waals surface area (Å²) in [6.45, 7) is 0.812. The lowest BCUT2D eigenvalue weighted by Crippen LogP contribution is -2.24. The van der Waals surface area contributed by atoms with Crippen LogP contribution in [0.15, 0.2) is 64.4 Å². The molecule has 0 spiro atoms. The highest BCUT2D eigenvalue weighted by molar-refractivity contribution is 7.99. The van der Waals surface area contributed by atoms with Crippen LogP contribution < -0.4 is 4.74 Å². The van der Waals surface area contributed by atoms with E-state index >= 15 is 0 Å². The molecule has 1 saturated heterocycles. The van der Waals surface area contributed by atoms with E-state index in [9.17, 15) is 0 Å². The van der Waals surface area contributed by atoms with Crippen LogP contribution in [-0.4, -0.2) is 12.9 Å². The molecule has 0 aromatic heterocycles. The third kappa shape index (κ3) is 3.78. The van der Waals surface area contributed by atoms with Gasteiger partial charge in [0.2, 0.25) is 0 Å². The average molecular weight is 286 g/mol. The van der Waals surface area contributed by atoms with Crippen molar-refractivity contribution in [3.63, 3.8) is 0 Å². The van der Waals surface area contributed by atoms with Crippen molar-refractivity contribution in [2.45, 2.75) is 35.3 Å². The van der Waals surface area contributed by atoms with Crippen molar-refractivity contribution >= 4 is 11.8 Å². The molecule has 1 aliphatic rings. The maximum Gasteiger partial charge on any atom is 0.199 e. The number of hydrogen-bond acceptors (Lipinski definition) is 3. The Kier molecular flexibility index (Phi) is 4.61. The van der Waals surface area contributed by atoms with Crippen LogP contribution in [0.4, 0.5) is 0 Å². The predicted octanol–water partition coefficient (Wildman–Crippen LogP) is 4.74. The minimum Gasteiger partial charge on any atom is -0.465 e. The summed E-state index contributed by atoms with van der Waals surface area (Å²) in [4.78, 5) is 2.46. The Balaban J connectivity index is 1.59. The molecule has 20 heavy (non-hydrogen) atoms. The third-order valence-electron chi connectivity index (χ3n) is 3.21. The van der Waals surface area contributed by atoms with Crippen molar-refractivity contribution in [1.82, 2.24) is 0 Å². The van der Waals surface area contributed by atoms with E-state index in [4.69, 9.17) is 9.47 Å². The highest BCUT2D eigenvalue weighted by Gasteiger charge is 2.14. The van der Waals surface area contributed by atoms with Crippen LogP contribution in [0.25, 0.3) is 0 Å². The van der Waals surface area contributed by atoms with Gasteiger partial charge in [-0.05, 0) is 49.2 Å². The van der Waals surface area contributed by atoms with Gasteiger partial charge in [0.25, 0.3) is 0 Å². The van der Waals surface area contributed by atoms with E-state index in [1.54, 1.807) is 11.8 Å². The summed E-state index contributed by atoms with van der Waals surface area (Å²) < 4.78 is 11.4. The van der Waals surface area contributed by atoms with Gasteiger partial charge in [-0.15, -0.1) is 0 Å².